The van der Waals surface area contributed by atoms with Crippen molar-refractivity contribution in [3.05, 3.63) is 17.4 Å². The summed E-state index contributed by atoms with van der Waals surface area (Å²) in [6.07, 6.45) is 2.55. The molecule has 13 atom stereocenters. The molecule has 0 radical (unpaired) electrons. The number of nitrogens with one attached hydrogen (secondary N) is 4. The molecule has 2 fully saturated rings. The number of amides is 11. The third-order valence-corrected chi connectivity index (χ3v) is 18.4. The van der Waals surface area contributed by atoms with E-state index in [4.69, 9.17) is 9.47 Å². The van der Waals surface area contributed by atoms with E-state index in [0.717, 1.165) is 14.7 Å². The van der Waals surface area contributed by atoms with Crippen LogP contribution < -0.4 is 21.3 Å². The van der Waals surface area contributed by atoms with E-state index in [2.05, 4.69) is 21.3 Å². The Kier molecular flexibility index (Phi) is 35.0. The Morgan fingerprint density at radius 2 is 1.04 bits per heavy atom. The van der Waals surface area contributed by atoms with Gasteiger partial charge in [-0.25, -0.2) is 0 Å². The second-order valence-corrected chi connectivity index (χ2v) is 28.5. The van der Waals surface area contributed by atoms with Crippen LogP contribution in [-0.2, 0) is 62.2 Å². The van der Waals surface area contributed by atoms with Crippen molar-refractivity contribution in [3.63, 3.8) is 0 Å². The number of allylic oxidation sites excluding steroid dienone is 2. The van der Waals surface area contributed by atoms with Crippen LogP contribution in [0.3, 0.4) is 0 Å². The summed E-state index contributed by atoms with van der Waals surface area (Å²) in [5.41, 5.74) is 0. The molecular formula is C68H122N12O15. The molecule has 11 amide bonds. The molecule has 0 aromatic heterocycles. The number of hydroxylamine groups is 3. The Morgan fingerprint density at radius 1 is 0.558 bits per heavy atom. The maximum absolute atomic E-state index is 15.2. The summed E-state index contributed by atoms with van der Waals surface area (Å²) < 4.78 is 11.2. The number of likely N-dealkylation sites (N-methyl/N-ethyl adjacent to an activating group) is 7. The number of aliphatic hydroxyl groups excluding tert-OH is 1. The number of aliphatic hydroxyl groups is 1. The van der Waals surface area contributed by atoms with Crippen molar-refractivity contribution in [2.45, 2.75) is 228 Å². The fourth-order valence-corrected chi connectivity index (χ4v) is 12.2. The van der Waals surface area contributed by atoms with Crippen LogP contribution in [0, 0.1) is 40.7 Å². The van der Waals surface area contributed by atoms with Crippen LogP contribution in [0.1, 0.15) is 156 Å². The summed E-state index contributed by atoms with van der Waals surface area (Å²) in [7, 11) is 9.76. The Hall–Kier alpha value is -6.29. The van der Waals surface area contributed by atoms with Crippen molar-refractivity contribution in [3.8, 4) is 0 Å². The number of morpholine rings is 1. The minimum absolute atomic E-state index is 0.0211. The fourth-order valence-electron chi connectivity index (χ4n) is 12.2. The van der Waals surface area contributed by atoms with Gasteiger partial charge in [0.25, 0.3) is 0 Å². The molecule has 2 saturated heterocycles. The molecule has 2 heterocycles. The molecular weight excluding hydrogens is 1220 g/mol. The van der Waals surface area contributed by atoms with Gasteiger partial charge in [0.2, 0.25) is 65.0 Å². The summed E-state index contributed by atoms with van der Waals surface area (Å²) in [5, 5.41) is 36.4. The van der Waals surface area contributed by atoms with E-state index < -0.39 is 167 Å². The molecule has 0 spiro atoms. The molecule has 0 bridgehead atoms. The predicted octanol–water partition coefficient (Wildman–Crippen LogP) is 2.75. The van der Waals surface area contributed by atoms with Crippen molar-refractivity contribution in [2.75, 3.05) is 95.3 Å². The first-order chi connectivity index (χ1) is 44.1. The maximum atomic E-state index is 15.2. The molecule has 0 aromatic carbocycles. The molecule has 0 saturated carbocycles. The lowest BCUT2D eigenvalue weighted by Gasteiger charge is -2.45. The molecule has 0 aromatic rings. The number of rotatable bonds is 20. The number of hydrogen-bond acceptors (Lipinski definition) is 15. The van der Waals surface area contributed by atoms with E-state index in [0.29, 0.717) is 45.7 Å². The lowest BCUT2D eigenvalue weighted by atomic mass is 9.91. The average molecular weight is 1350 g/mol. The zero-order valence-electron chi connectivity index (χ0n) is 61.7. The highest BCUT2D eigenvalue weighted by atomic mass is 16.6. The first-order valence-corrected chi connectivity index (χ1v) is 34.2. The van der Waals surface area contributed by atoms with Gasteiger partial charge in [-0.15, -0.1) is 0 Å². The fraction of sp³-hybridized carbons (Fsp3) is 0.809. The zero-order chi connectivity index (χ0) is 72.8. The lowest BCUT2D eigenvalue weighted by Crippen LogP contribution is -2.63. The van der Waals surface area contributed by atoms with Gasteiger partial charge in [-0.3, -0.25) is 52.7 Å². The van der Waals surface area contributed by atoms with Gasteiger partial charge in [0, 0.05) is 55.9 Å². The molecule has 2 aliphatic heterocycles. The second kappa shape index (κ2) is 39.2. The number of ether oxygens (including phenoxy) is 2. The number of hydrogen-bond donors (Lipinski definition) is 5. The first-order valence-electron chi connectivity index (χ1n) is 34.2. The van der Waals surface area contributed by atoms with Gasteiger partial charge in [0.1, 0.15) is 73.5 Å². The molecule has 27 heteroatoms. The van der Waals surface area contributed by atoms with E-state index in [1.807, 2.05) is 41.5 Å². The van der Waals surface area contributed by atoms with Crippen molar-refractivity contribution in [1.82, 2.24) is 55.6 Å². The monoisotopic (exact) mass is 1350 g/mol. The molecule has 5 N–H and O–H groups in total. The van der Waals surface area contributed by atoms with Crippen LogP contribution in [0.5, 0.6) is 0 Å². The Bertz CT molecular complexity index is 2600. The van der Waals surface area contributed by atoms with Crippen LogP contribution in [0.4, 0.5) is 0 Å². The van der Waals surface area contributed by atoms with Crippen molar-refractivity contribution in [1.29, 1.82) is 0 Å². The summed E-state index contributed by atoms with van der Waals surface area (Å²) in [6.45, 7) is 28.7. The smallest absolute Gasteiger partial charge is 0.246 e. The number of unbranched alkanes of at least 4 members (excludes halogenated alkanes) is 1. The molecule has 27 nitrogen and oxygen atoms in total. The van der Waals surface area contributed by atoms with Gasteiger partial charge < -0.3 is 80.0 Å². The van der Waals surface area contributed by atoms with Gasteiger partial charge in [0.15, 0.2) is 0 Å². The maximum Gasteiger partial charge on any atom is 0.246 e. The quantitative estimate of drug-likeness (QED) is 0.0507. The van der Waals surface area contributed by atoms with Gasteiger partial charge in [-0.1, -0.05) is 95.2 Å². The third kappa shape index (κ3) is 24.3. The minimum Gasteiger partial charge on any atom is -0.633 e. The average Bonchev–Trinajstić information content (AvgIpc) is 0.817. The van der Waals surface area contributed by atoms with Crippen molar-refractivity contribution < 1.29 is 72.0 Å². The summed E-state index contributed by atoms with van der Waals surface area (Å²) in [6, 6.07) is -13.0. The van der Waals surface area contributed by atoms with Crippen LogP contribution >= 0.6 is 0 Å². The van der Waals surface area contributed by atoms with Crippen LogP contribution in [-0.4, -0.2) is 277 Å². The normalized spacial score (nSPS) is 27.1. The topological polar surface area (TPSA) is 320 Å². The molecule has 0 unspecified atom stereocenters. The third-order valence-electron chi connectivity index (χ3n) is 18.4. The highest BCUT2D eigenvalue weighted by Gasteiger charge is 2.46. The zero-order valence-corrected chi connectivity index (χ0v) is 61.7. The van der Waals surface area contributed by atoms with Gasteiger partial charge >= 0.3 is 0 Å². The first kappa shape index (κ1) is 84.8. The molecule has 2 aliphatic rings. The van der Waals surface area contributed by atoms with E-state index in [1.165, 1.54) is 82.8 Å². The number of carbonyl (C=O) groups is 11. The van der Waals surface area contributed by atoms with E-state index in [-0.39, 0.29) is 56.5 Å². The SMILES string of the molecule is C/C=C/C[C@@H](C)[C@@H](O)[C@H]1C(=O)N[C@@H](CC)C(=O)N(C)CC(=O)N(C)[C@@H]([C@@H](C)OCCCC[N+]2([O-])CCOCC2)C(=O)N[C@@H](C(C)C)C(=O)N(C)[C@@H](CC(C)C)C(=O)N[C@@H](C)C(=O)N[C@H](C)C(=O)N(C)[C@@H](CC(C)C)C(=O)N(C)[C@@H](CC(C)C)C(=O)N(C)[C@@H](C(C)C)C(=O)N1C. The molecule has 544 valence electrons. The predicted molar refractivity (Wildman–Crippen MR) is 363 cm³/mol. The van der Waals surface area contributed by atoms with Gasteiger partial charge in [-0.2, -0.15) is 0 Å². The Labute approximate surface area is 567 Å². The van der Waals surface area contributed by atoms with Gasteiger partial charge in [0.05, 0.1) is 38.5 Å². The summed E-state index contributed by atoms with van der Waals surface area (Å²) in [4.78, 5) is 171. The van der Waals surface area contributed by atoms with Crippen LogP contribution in [0.15, 0.2) is 12.2 Å². The number of nitrogens with zero attached hydrogens (tertiary/aromatic N) is 8. The standard InChI is InChI=1S/C68H122N12O15/c1-24-26-29-45(13)58(82)57-62(86)71-49(25-2)64(88)73(17)39-53(81)77(21)56(48(16)95-33-28-27-30-80(93)31-34-94-35-32-80)61(85)72-54(43(9)10)67(91)74(18)50(36-40(3)4)60(84)69-46(14)59(83)70-47(15)63(87)75(19)51(37-41(5)6)65(89)76(20)52(38-42(7)8)66(90)78(22)55(44(11)12)68(92)79(57)23/h24,26,40-52,54-58,82H,25,27-39H2,1-23H3,(H,69,84)(H,70,83)(H,71,86)(H,72,85)/b26-24+/t45-,46+,47-,48-,49+,50+,51+,52+,54+,55+,56+,57+,58-/m1/s1. The van der Waals surface area contributed by atoms with Crippen LogP contribution in [0.2, 0.25) is 0 Å². The van der Waals surface area contributed by atoms with Crippen LogP contribution in [0.25, 0.3) is 0 Å². The Balaban J connectivity index is 2.98. The highest BCUT2D eigenvalue weighted by molar-refractivity contribution is 5.99. The van der Waals surface area contributed by atoms with Crippen molar-refractivity contribution in [2.24, 2.45) is 35.5 Å². The van der Waals surface area contributed by atoms with Gasteiger partial charge in [-0.05, 0) is 108 Å². The van der Waals surface area contributed by atoms with E-state index in [1.54, 1.807) is 67.5 Å². The number of carbonyl (C=O) groups excluding carboxylic acids is 11. The second-order valence-electron chi connectivity index (χ2n) is 28.5. The molecule has 2 rings (SSSR count). The largest absolute Gasteiger partial charge is 0.633 e. The van der Waals surface area contributed by atoms with E-state index >= 15 is 14.4 Å². The van der Waals surface area contributed by atoms with Crippen molar-refractivity contribution >= 4 is 65.0 Å². The minimum atomic E-state index is -1.65. The molecule has 95 heavy (non-hydrogen) atoms. The highest BCUT2D eigenvalue weighted by Crippen LogP contribution is 2.26. The molecule has 0 aliphatic carbocycles. The lowest BCUT2D eigenvalue weighted by molar-refractivity contribution is -0.888. The Morgan fingerprint density at radius 3 is 1.55 bits per heavy atom. The summed E-state index contributed by atoms with van der Waals surface area (Å²) >= 11 is 0. The summed E-state index contributed by atoms with van der Waals surface area (Å²) in [5.74, 6) is -10.3. The van der Waals surface area contributed by atoms with E-state index in [9.17, 15) is 48.7 Å². The number of quaternary nitrogens is 1.